The Bertz CT molecular complexity index is 939. The number of nitrogens with one attached hydrogen (secondary N) is 1. The number of amides is 2. The third-order valence-corrected chi connectivity index (χ3v) is 4.70. The van der Waals surface area contributed by atoms with E-state index in [4.69, 9.17) is 14.2 Å². The smallest absolute Gasteiger partial charge is 0.341 e. The lowest BCUT2D eigenvalue weighted by molar-refractivity contribution is -0.148. The molecule has 0 fully saturated rings. The molecule has 2 aromatic carbocycles. The number of urea groups is 1. The molecule has 3 rings (SSSR count). The summed E-state index contributed by atoms with van der Waals surface area (Å²) in [5.41, 5.74) is 1.75. The number of phenolic OH excluding ortho intramolecular Hbond substituents is 1. The van der Waals surface area contributed by atoms with Crippen LogP contribution in [-0.4, -0.2) is 37.0 Å². The molecule has 0 radical (unpaired) electrons. The van der Waals surface area contributed by atoms with Gasteiger partial charge in [0.1, 0.15) is 18.3 Å². The first-order valence-electron chi connectivity index (χ1n) is 8.95. The van der Waals surface area contributed by atoms with Gasteiger partial charge in [0.25, 0.3) is 0 Å². The maximum Gasteiger partial charge on any atom is 0.341 e. The van der Waals surface area contributed by atoms with Crippen LogP contribution in [0.2, 0.25) is 0 Å². The van der Waals surface area contributed by atoms with Crippen molar-refractivity contribution in [2.24, 2.45) is 10.9 Å². The first-order chi connectivity index (χ1) is 13.9. The van der Waals surface area contributed by atoms with E-state index < -0.39 is 24.0 Å². The number of hydrogen-bond donors (Lipinski definition) is 2. The van der Waals surface area contributed by atoms with Crippen molar-refractivity contribution in [3.8, 4) is 17.2 Å². The number of aliphatic imine (C=N–C) groups is 1. The second kappa shape index (κ2) is 8.64. The van der Waals surface area contributed by atoms with Crippen molar-refractivity contribution >= 4 is 17.7 Å². The average molecular weight is 398 g/mol. The normalized spacial score (nSPS) is 18.4. The van der Waals surface area contributed by atoms with Crippen LogP contribution in [0.25, 0.3) is 0 Å². The maximum absolute atomic E-state index is 12.9. The van der Waals surface area contributed by atoms with Crippen molar-refractivity contribution in [1.29, 1.82) is 0 Å². The molecule has 2 atom stereocenters. The van der Waals surface area contributed by atoms with Crippen LogP contribution in [0.5, 0.6) is 17.2 Å². The van der Waals surface area contributed by atoms with E-state index in [2.05, 4.69) is 10.3 Å². The number of esters is 1. The number of carbonyl (C=O) groups excluding carboxylic acids is 2. The minimum Gasteiger partial charge on any atom is -0.504 e. The molecule has 1 aliphatic rings. The van der Waals surface area contributed by atoms with E-state index in [0.29, 0.717) is 17.0 Å². The number of methoxy groups -OCH3 is 2. The number of aromatic hydroxyl groups is 1. The Kier molecular flexibility index (Phi) is 6.01. The van der Waals surface area contributed by atoms with Crippen molar-refractivity contribution in [3.05, 3.63) is 53.6 Å². The Hall–Kier alpha value is -3.55. The molecule has 8 heteroatoms. The highest BCUT2D eigenvalue weighted by molar-refractivity contribution is 6.08. The standard InChI is InChI=1S/C21H22N2O6/c1-12-18(20(25)29-11-13-4-7-15(27-2)8-5-13)19(23-21(26)22-12)14-6-9-16(24)17(10-14)28-3/h4-10,18-19,24H,11H2,1-3H3,(H,23,26). The number of carbonyl (C=O) groups is 2. The van der Waals surface area contributed by atoms with Gasteiger partial charge in [-0.3, -0.25) is 4.79 Å². The van der Waals surface area contributed by atoms with Gasteiger partial charge < -0.3 is 24.6 Å². The molecule has 1 aliphatic heterocycles. The Morgan fingerprint density at radius 2 is 1.86 bits per heavy atom. The summed E-state index contributed by atoms with van der Waals surface area (Å²) < 4.78 is 15.7. The molecule has 0 aliphatic carbocycles. The molecule has 0 spiro atoms. The summed E-state index contributed by atoms with van der Waals surface area (Å²) >= 11 is 0. The summed E-state index contributed by atoms with van der Waals surface area (Å²) in [5, 5.41) is 12.5. The summed E-state index contributed by atoms with van der Waals surface area (Å²) in [6.45, 7) is 1.69. The highest BCUT2D eigenvalue weighted by Gasteiger charge is 2.38. The fourth-order valence-electron chi connectivity index (χ4n) is 3.16. The van der Waals surface area contributed by atoms with Crippen LogP contribution in [0.3, 0.4) is 0 Å². The van der Waals surface area contributed by atoms with Crippen LogP contribution in [0.4, 0.5) is 4.79 Å². The SMILES string of the molecule is COc1ccc(COC(=O)C2C(C)=NC(=O)NC2c2ccc(O)c(OC)c2)cc1. The molecular weight excluding hydrogens is 376 g/mol. The van der Waals surface area contributed by atoms with Gasteiger partial charge in [0.05, 0.1) is 20.3 Å². The minimum atomic E-state index is -0.805. The van der Waals surface area contributed by atoms with Gasteiger partial charge in [-0.15, -0.1) is 0 Å². The second-order valence-electron chi connectivity index (χ2n) is 6.55. The van der Waals surface area contributed by atoms with Gasteiger partial charge in [0.2, 0.25) is 0 Å². The van der Waals surface area contributed by atoms with Crippen LogP contribution in [0, 0.1) is 5.92 Å². The molecule has 0 saturated carbocycles. The number of hydrogen-bond acceptors (Lipinski definition) is 6. The van der Waals surface area contributed by atoms with Gasteiger partial charge in [-0.1, -0.05) is 18.2 Å². The Labute approximate surface area is 168 Å². The molecule has 2 amide bonds. The molecule has 2 aromatic rings. The predicted molar refractivity (Wildman–Crippen MR) is 105 cm³/mol. The highest BCUT2D eigenvalue weighted by atomic mass is 16.5. The van der Waals surface area contributed by atoms with Crippen molar-refractivity contribution in [1.82, 2.24) is 5.32 Å². The van der Waals surface area contributed by atoms with Gasteiger partial charge in [0, 0.05) is 5.71 Å². The van der Waals surface area contributed by atoms with Gasteiger partial charge in [-0.25, -0.2) is 9.79 Å². The average Bonchev–Trinajstić information content (AvgIpc) is 2.72. The summed E-state index contributed by atoms with van der Waals surface area (Å²) in [6, 6.07) is 10.6. The van der Waals surface area contributed by atoms with E-state index >= 15 is 0 Å². The van der Waals surface area contributed by atoms with Crippen LogP contribution in [0.15, 0.2) is 47.5 Å². The lowest BCUT2D eigenvalue weighted by Crippen LogP contribution is -2.44. The van der Waals surface area contributed by atoms with Crippen LogP contribution < -0.4 is 14.8 Å². The van der Waals surface area contributed by atoms with Crippen molar-refractivity contribution in [2.45, 2.75) is 19.6 Å². The third-order valence-electron chi connectivity index (χ3n) is 4.70. The Morgan fingerprint density at radius 1 is 1.14 bits per heavy atom. The zero-order valence-corrected chi connectivity index (χ0v) is 16.3. The van der Waals surface area contributed by atoms with Gasteiger partial charge in [0.15, 0.2) is 11.5 Å². The maximum atomic E-state index is 12.9. The summed E-state index contributed by atoms with van der Waals surface area (Å²) in [6.07, 6.45) is 0. The Morgan fingerprint density at radius 3 is 2.52 bits per heavy atom. The summed E-state index contributed by atoms with van der Waals surface area (Å²) in [4.78, 5) is 28.7. The van der Waals surface area contributed by atoms with Crippen molar-refractivity contribution < 1.29 is 28.9 Å². The number of rotatable bonds is 6. The molecule has 8 nitrogen and oxygen atoms in total. The van der Waals surface area contributed by atoms with Crippen LogP contribution in [-0.2, 0) is 16.1 Å². The lowest BCUT2D eigenvalue weighted by atomic mass is 9.88. The van der Waals surface area contributed by atoms with Crippen LogP contribution >= 0.6 is 0 Å². The second-order valence-corrected chi connectivity index (χ2v) is 6.55. The summed E-state index contributed by atoms with van der Waals surface area (Å²) in [7, 11) is 3.00. The first kappa shape index (κ1) is 20.2. The van der Waals surface area contributed by atoms with Gasteiger partial charge >= 0.3 is 12.0 Å². The molecule has 0 aromatic heterocycles. The molecule has 1 heterocycles. The molecule has 0 bridgehead atoms. The number of benzene rings is 2. The topological polar surface area (TPSA) is 106 Å². The fourth-order valence-corrected chi connectivity index (χ4v) is 3.16. The van der Waals surface area contributed by atoms with E-state index in [9.17, 15) is 14.7 Å². The Balaban J connectivity index is 1.81. The predicted octanol–water partition coefficient (Wildman–Crippen LogP) is 2.99. The number of ether oxygens (including phenoxy) is 3. The molecule has 152 valence electrons. The van der Waals surface area contributed by atoms with E-state index in [1.807, 2.05) is 0 Å². The monoisotopic (exact) mass is 398 g/mol. The summed E-state index contributed by atoms with van der Waals surface area (Å²) in [5.74, 6) is -0.414. The van der Waals surface area contributed by atoms with Gasteiger partial charge in [-0.05, 0) is 42.3 Å². The number of nitrogens with zero attached hydrogens (tertiary/aromatic N) is 1. The molecular formula is C21H22N2O6. The molecule has 2 unspecified atom stereocenters. The molecule has 29 heavy (non-hydrogen) atoms. The third kappa shape index (κ3) is 4.48. The highest BCUT2D eigenvalue weighted by Crippen LogP contribution is 2.34. The van der Waals surface area contributed by atoms with Crippen molar-refractivity contribution in [3.63, 3.8) is 0 Å². The van der Waals surface area contributed by atoms with E-state index in [-0.39, 0.29) is 18.1 Å². The van der Waals surface area contributed by atoms with E-state index in [1.165, 1.54) is 13.2 Å². The zero-order chi connectivity index (χ0) is 21.0. The first-order valence-corrected chi connectivity index (χ1v) is 8.95. The van der Waals surface area contributed by atoms with E-state index in [0.717, 1.165) is 5.56 Å². The number of phenols is 1. The zero-order valence-electron chi connectivity index (χ0n) is 16.3. The lowest BCUT2D eigenvalue weighted by Gasteiger charge is -2.30. The van der Waals surface area contributed by atoms with E-state index in [1.54, 1.807) is 50.4 Å². The molecule has 2 N–H and O–H groups in total. The van der Waals surface area contributed by atoms with Crippen molar-refractivity contribution in [2.75, 3.05) is 14.2 Å². The quantitative estimate of drug-likeness (QED) is 0.725. The van der Waals surface area contributed by atoms with Gasteiger partial charge in [-0.2, -0.15) is 0 Å². The van der Waals surface area contributed by atoms with Crippen LogP contribution in [0.1, 0.15) is 24.1 Å². The largest absolute Gasteiger partial charge is 0.504 e. The minimum absolute atomic E-state index is 0.0394. The fraction of sp³-hybridized carbons (Fsp3) is 0.286. The molecule has 0 saturated heterocycles.